The van der Waals surface area contributed by atoms with E-state index in [0.717, 1.165) is 17.1 Å². The zero-order chi connectivity index (χ0) is 37.1. The van der Waals surface area contributed by atoms with E-state index in [0.29, 0.717) is 0 Å². The Morgan fingerprint density at radius 2 is 0.655 bits per heavy atom. The van der Waals surface area contributed by atoms with Gasteiger partial charge < -0.3 is 4.90 Å². The number of nitrogens with zero attached hydrogens (tertiary/aromatic N) is 1. The number of fused-ring (bicyclic) bond motifs is 1. The molecule has 0 spiro atoms. The Morgan fingerprint density at radius 3 is 1.15 bits per heavy atom. The minimum Gasteiger partial charge on any atom is -0.311 e. The summed E-state index contributed by atoms with van der Waals surface area (Å²) in [6, 6.07) is 76.8. The summed E-state index contributed by atoms with van der Waals surface area (Å²) in [5.41, 5.74) is 18.3. The van der Waals surface area contributed by atoms with Gasteiger partial charge in [-0.2, -0.15) is 0 Å². The molecule has 1 heteroatoms. The fourth-order valence-electron chi connectivity index (χ4n) is 7.98. The molecule has 0 aliphatic carbocycles. The van der Waals surface area contributed by atoms with Gasteiger partial charge in [-0.3, -0.25) is 0 Å². The van der Waals surface area contributed by atoms with E-state index >= 15 is 0 Å². The van der Waals surface area contributed by atoms with E-state index in [4.69, 9.17) is 0 Å². The summed E-state index contributed by atoms with van der Waals surface area (Å²) >= 11 is 0. The molecule has 0 aromatic heterocycles. The Bertz CT molecular complexity index is 2730. The SMILES string of the molecule is Cc1cc(-c2ccccc2)ccc1-c1ccc(-c2ccc(N(c3ccccc3)c3ccc(-c4cccc5cccc(-c6ccccc6)c45)cc3)cc2)cc1C. The first kappa shape index (κ1) is 33.8. The molecule has 0 amide bonds. The predicted octanol–water partition coefficient (Wildman–Crippen LogP) is 15.3. The second-order valence-corrected chi connectivity index (χ2v) is 14.3. The Balaban J connectivity index is 1.02. The molecule has 55 heavy (non-hydrogen) atoms. The number of para-hydroxylation sites is 1. The Hall–Kier alpha value is -6.96. The van der Waals surface area contributed by atoms with Crippen LogP contribution in [0.1, 0.15) is 11.1 Å². The lowest BCUT2D eigenvalue weighted by Gasteiger charge is -2.26. The van der Waals surface area contributed by atoms with Crippen molar-refractivity contribution in [3.8, 4) is 55.6 Å². The number of hydrogen-bond donors (Lipinski definition) is 0. The van der Waals surface area contributed by atoms with Crippen molar-refractivity contribution in [3.05, 3.63) is 223 Å². The highest BCUT2D eigenvalue weighted by molar-refractivity contribution is 6.06. The summed E-state index contributed by atoms with van der Waals surface area (Å²) in [5, 5.41) is 2.52. The van der Waals surface area contributed by atoms with Gasteiger partial charge in [-0.05, 0) is 128 Å². The minimum absolute atomic E-state index is 1.11. The molecular formula is C54H41N. The Labute approximate surface area is 324 Å². The van der Waals surface area contributed by atoms with Crippen LogP contribution in [-0.2, 0) is 0 Å². The molecule has 0 N–H and O–H groups in total. The van der Waals surface area contributed by atoms with Crippen molar-refractivity contribution in [1.29, 1.82) is 0 Å². The molecule has 9 aromatic carbocycles. The van der Waals surface area contributed by atoms with E-state index in [-0.39, 0.29) is 0 Å². The number of hydrogen-bond acceptors (Lipinski definition) is 1. The van der Waals surface area contributed by atoms with E-state index in [1.165, 1.54) is 77.5 Å². The van der Waals surface area contributed by atoms with Gasteiger partial charge in [0.2, 0.25) is 0 Å². The van der Waals surface area contributed by atoms with Crippen LogP contribution >= 0.6 is 0 Å². The molecule has 0 atom stereocenters. The summed E-state index contributed by atoms with van der Waals surface area (Å²) in [6.07, 6.45) is 0. The average molecular weight is 704 g/mol. The van der Waals surface area contributed by atoms with Crippen LogP contribution in [0.2, 0.25) is 0 Å². The molecule has 0 saturated carbocycles. The lowest BCUT2D eigenvalue weighted by Crippen LogP contribution is -2.09. The van der Waals surface area contributed by atoms with Crippen LogP contribution in [-0.4, -0.2) is 0 Å². The maximum atomic E-state index is 2.34. The lowest BCUT2D eigenvalue weighted by molar-refractivity contribution is 1.28. The zero-order valence-electron chi connectivity index (χ0n) is 31.2. The van der Waals surface area contributed by atoms with E-state index in [9.17, 15) is 0 Å². The molecule has 262 valence electrons. The van der Waals surface area contributed by atoms with Gasteiger partial charge in [-0.1, -0.05) is 176 Å². The fourth-order valence-corrected chi connectivity index (χ4v) is 7.98. The number of benzene rings is 9. The highest BCUT2D eigenvalue weighted by atomic mass is 15.1. The molecule has 0 saturated heterocycles. The number of anilines is 3. The highest BCUT2D eigenvalue weighted by Gasteiger charge is 2.15. The Morgan fingerprint density at radius 1 is 0.273 bits per heavy atom. The average Bonchev–Trinajstić information content (AvgIpc) is 3.25. The monoisotopic (exact) mass is 703 g/mol. The second-order valence-electron chi connectivity index (χ2n) is 14.3. The maximum Gasteiger partial charge on any atom is 0.0462 e. The van der Waals surface area contributed by atoms with Crippen molar-refractivity contribution in [2.24, 2.45) is 0 Å². The first-order chi connectivity index (χ1) is 27.1. The summed E-state index contributed by atoms with van der Waals surface area (Å²) in [6.45, 7) is 4.44. The van der Waals surface area contributed by atoms with Gasteiger partial charge in [0.05, 0.1) is 0 Å². The molecule has 0 bridgehead atoms. The molecule has 9 rings (SSSR count). The van der Waals surface area contributed by atoms with Crippen molar-refractivity contribution in [2.45, 2.75) is 13.8 Å². The smallest absolute Gasteiger partial charge is 0.0462 e. The van der Waals surface area contributed by atoms with Crippen molar-refractivity contribution in [3.63, 3.8) is 0 Å². The van der Waals surface area contributed by atoms with Gasteiger partial charge in [0.25, 0.3) is 0 Å². The molecule has 9 aromatic rings. The van der Waals surface area contributed by atoms with E-state index in [1.54, 1.807) is 0 Å². The Kier molecular flexibility index (Phi) is 9.12. The summed E-state index contributed by atoms with van der Waals surface area (Å²) in [7, 11) is 0. The maximum absolute atomic E-state index is 2.34. The molecule has 1 nitrogen and oxygen atoms in total. The summed E-state index contributed by atoms with van der Waals surface area (Å²) in [4.78, 5) is 2.34. The van der Waals surface area contributed by atoms with Gasteiger partial charge >= 0.3 is 0 Å². The molecule has 0 fully saturated rings. The van der Waals surface area contributed by atoms with Gasteiger partial charge in [0.1, 0.15) is 0 Å². The molecule has 0 unspecified atom stereocenters. The third-order valence-electron chi connectivity index (χ3n) is 10.7. The highest BCUT2D eigenvalue weighted by Crippen LogP contribution is 2.40. The van der Waals surface area contributed by atoms with Crippen LogP contribution in [0.4, 0.5) is 17.1 Å². The summed E-state index contributed by atoms with van der Waals surface area (Å²) < 4.78 is 0. The van der Waals surface area contributed by atoms with Gasteiger partial charge in [-0.25, -0.2) is 0 Å². The van der Waals surface area contributed by atoms with Crippen LogP contribution in [0.15, 0.2) is 212 Å². The molecule has 0 radical (unpaired) electrons. The van der Waals surface area contributed by atoms with Crippen LogP contribution in [0.25, 0.3) is 66.4 Å². The lowest BCUT2D eigenvalue weighted by atomic mass is 9.91. The fraction of sp³-hybridized carbons (Fsp3) is 0.0370. The van der Waals surface area contributed by atoms with Crippen molar-refractivity contribution in [2.75, 3.05) is 4.90 Å². The second kappa shape index (κ2) is 14.8. The van der Waals surface area contributed by atoms with Crippen LogP contribution in [0.3, 0.4) is 0 Å². The van der Waals surface area contributed by atoms with E-state index < -0.39 is 0 Å². The predicted molar refractivity (Wildman–Crippen MR) is 235 cm³/mol. The van der Waals surface area contributed by atoms with Crippen molar-refractivity contribution < 1.29 is 0 Å². The molecule has 0 heterocycles. The number of rotatable bonds is 8. The number of aryl methyl sites for hydroxylation is 2. The van der Waals surface area contributed by atoms with Crippen molar-refractivity contribution >= 4 is 27.8 Å². The third-order valence-corrected chi connectivity index (χ3v) is 10.7. The van der Waals surface area contributed by atoms with E-state index in [2.05, 4.69) is 231 Å². The standard InChI is InChI=1S/C54H41N/c1-38-36-45(40-14-6-3-7-15-40)28-34-50(38)51-35-29-46(37-39(51)2)41-24-30-48(31-25-41)55(47-20-10-5-11-21-47)49-32-26-43(27-33-49)53-23-13-19-44-18-12-22-52(54(44)53)42-16-8-4-9-17-42/h3-37H,1-2H3. The minimum atomic E-state index is 1.11. The largest absolute Gasteiger partial charge is 0.311 e. The first-order valence-electron chi connectivity index (χ1n) is 19.0. The van der Waals surface area contributed by atoms with Crippen LogP contribution < -0.4 is 4.90 Å². The quantitative estimate of drug-likeness (QED) is 0.152. The normalized spacial score (nSPS) is 11.1. The van der Waals surface area contributed by atoms with Gasteiger partial charge in [0, 0.05) is 17.1 Å². The van der Waals surface area contributed by atoms with Crippen molar-refractivity contribution in [1.82, 2.24) is 0 Å². The topological polar surface area (TPSA) is 3.24 Å². The third kappa shape index (κ3) is 6.73. The van der Waals surface area contributed by atoms with Crippen LogP contribution in [0.5, 0.6) is 0 Å². The summed E-state index contributed by atoms with van der Waals surface area (Å²) in [5.74, 6) is 0. The van der Waals surface area contributed by atoms with E-state index in [1.807, 2.05) is 0 Å². The van der Waals surface area contributed by atoms with Crippen LogP contribution in [0, 0.1) is 13.8 Å². The van der Waals surface area contributed by atoms with Gasteiger partial charge in [-0.15, -0.1) is 0 Å². The zero-order valence-corrected chi connectivity index (χ0v) is 31.2. The molecule has 0 aliphatic heterocycles. The molecular weight excluding hydrogens is 663 g/mol. The van der Waals surface area contributed by atoms with Gasteiger partial charge in [0.15, 0.2) is 0 Å². The molecule has 0 aliphatic rings. The first-order valence-corrected chi connectivity index (χ1v) is 19.0.